The van der Waals surface area contributed by atoms with Gasteiger partial charge in [0.25, 0.3) is 0 Å². The first-order valence-corrected chi connectivity index (χ1v) is 8.55. The molecule has 0 amide bonds. The summed E-state index contributed by atoms with van der Waals surface area (Å²) >= 11 is 0. The molecular weight excluding hydrogens is 256 g/mol. The Morgan fingerprint density at radius 2 is 2.00 bits per heavy atom. The molecule has 1 aliphatic heterocycles. The van der Waals surface area contributed by atoms with Gasteiger partial charge in [0.15, 0.2) is 0 Å². The van der Waals surface area contributed by atoms with E-state index in [4.69, 9.17) is 0 Å². The molecule has 0 radical (unpaired) electrons. The van der Waals surface area contributed by atoms with Gasteiger partial charge in [-0.2, -0.15) is 0 Å². The van der Waals surface area contributed by atoms with Crippen LogP contribution in [0.25, 0.3) is 0 Å². The van der Waals surface area contributed by atoms with Gasteiger partial charge >= 0.3 is 0 Å². The molecular formula is C19H32N2. The number of nitrogens with zero attached hydrogens (tertiary/aromatic N) is 1. The molecule has 1 aromatic rings. The minimum Gasteiger partial charge on any atom is -0.309 e. The Balaban J connectivity index is 2.14. The minimum absolute atomic E-state index is 0.448. The summed E-state index contributed by atoms with van der Waals surface area (Å²) in [4.78, 5) is 2.68. The fraction of sp³-hybridized carbons (Fsp3) is 0.684. The van der Waals surface area contributed by atoms with E-state index in [9.17, 15) is 0 Å². The average molecular weight is 288 g/mol. The van der Waals surface area contributed by atoms with Crippen molar-refractivity contribution >= 4 is 0 Å². The molecule has 1 N–H and O–H groups in total. The highest BCUT2D eigenvalue weighted by Crippen LogP contribution is 2.26. The zero-order chi connectivity index (χ0) is 15.4. The van der Waals surface area contributed by atoms with Crippen molar-refractivity contribution in [3.05, 3.63) is 34.9 Å². The fourth-order valence-corrected chi connectivity index (χ4v) is 3.60. The van der Waals surface area contributed by atoms with Gasteiger partial charge in [0, 0.05) is 25.2 Å². The van der Waals surface area contributed by atoms with Crippen molar-refractivity contribution in [1.29, 1.82) is 0 Å². The first kappa shape index (κ1) is 16.5. The molecule has 3 unspecified atom stereocenters. The van der Waals surface area contributed by atoms with E-state index in [2.05, 4.69) is 63.0 Å². The number of hydrogen-bond acceptors (Lipinski definition) is 2. The average Bonchev–Trinajstić information content (AvgIpc) is 2.42. The van der Waals surface area contributed by atoms with Crippen LogP contribution in [0.15, 0.2) is 18.2 Å². The van der Waals surface area contributed by atoms with Gasteiger partial charge in [-0.3, -0.25) is 4.90 Å². The lowest BCUT2D eigenvalue weighted by Gasteiger charge is -2.39. The third-order valence-electron chi connectivity index (χ3n) is 4.92. The van der Waals surface area contributed by atoms with Crippen molar-refractivity contribution in [1.82, 2.24) is 10.2 Å². The van der Waals surface area contributed by atoms with Crippen molar-refractivity contribution in [3.63, 3.8) is 0 Å². The summed E-state index contributed by atoms with van der Waals surface area (Å²) < 4.78 is 0. The minimum atomic E-state index is 0.448. The van der Waals surface area contributed by atoms with Crippen LogP contribution in [0.3, 0.4) is 0 Å². The standard InChI is InChI=1S/C19H32N2/c1-6-20-19(18-10-8-14(2)11-16(18)4)13-21-12-15(3)7-9-17(21)5/h8,10-11,15,17,19-20H,6-7,9,12-13H2,1-5H3. The number of hydrogen-bond donors (Lipinski definition) is 1. The van der Waals surface area contributed by atoms with Crippen LogP contribution >= 0.6 is 0 Å². The van der Waals surface area contributed by atoms with E-state index in [-0.39, 0.29) is 0 Å². The molecule has 0 saturated carbocycles. The molecule has 1 aliphatic rings. The quantitative estimate of drug-likeness (QED) is 0.878. The van der Waals surface area contributed by atoms with E-state index in [1.54, 1.807) is 0 Å². The van der Waals surface area contributed by atoms with Crippen LogP contribution in [0.5, 0.6) is 0 Å². The van der Waals surface area contributed by atoms with E-state index in [0.717, 1.165) is 19.0 Å². The summed E-state index contributed by atoms with van der Waals surface area (Å²) in [5, 5.41) is 3.70. The van der Waals surface area contributed by atoms with Gasteiger partial charge in [0.05, 0.1) is 0 Å². The van der Waals surface area contributed by atoms with Crippen LogP contribution in [-0.4, -0.2) is 30.6 Å². The van der Waals surface area contributed by atoms with Gasteiger partial charge in [0.1, 0.15) is 0 Å². The Hall–Kier alpha value is -0.860. The van der Waals surface area contributed by atoms with Crippen LogP contribution in [0.2, 0.25) is 0 Å². The smallest absolute Gasteiger partial charge is 0.0451 e. The summed E-state index contributed by atoms with van der Waals surface area (Å²) in [6, 6.07) is 8.03. The number of rotatable bonds is 5. The van der Waals surface area contributed by atoms with Crippen LogP contribution in [0, 0.1) is 19.8 Å². The normalized spacial score (nSPS) is 25.0. The lowest BCUT2D eigenvalue weighted by molar-refractivity contribution is 0.112. The molecule has 2 nitrogen and oxygen atoms in total. The highest BCUT2D eigenvalue weighted by atomic mass is 15.2. The monoisotopic (exact) mass is 288 g/mol. The van der Waals surface area contributed by atoms with Gasteiger partial charge in [0.2, 0.25) is 0 Å². The largest absolute Gasteiger partial charge is 0.309 e. The number of likely N-dealkylation sites (N-methyl/N-ethyl adjacent to an activating group) is 1. The Morgan fingerprint density at radius 1 is 1.24 bits per heavy atom. The molecule has 0 aliphatic carbocycles. The highest BCUT2D eigenvalue weighted by Gasteiger charge is 2.26. The number of likely N-dealkylation sites (tertiary alicyclic amines) is 1. The zero-order valence-electron chi connectivity index (χ0n) is 14.4. The van der Waals surface area contributed by atoms with Crippen LogP contribution in [-0.2, 0) is 0 Å². The van der Waals surface area contributed by atoms with E-state index >= 15 is 0 Å². The van der Waals surface area contributed by atoms with Gasteiger partial charge in [-0.05, 0) is 57.2 Å². The van der Waals surface area contributed by atoms with E-state index in [0.29, 0.717) is 12.1 Å². The molecule has 2 heteroatoms. The summed E-state index contributed by atoms with van der Waals surface area (Å²) in [5.41, 5.74) is 4.23. The van der Waals surface area contributed by atoms with Crippen molar-refractivity contribution in [2.45, 2.75) is 59.5 Å². The highest BCUT2D eigenvalue weighted by molar-refractivity contribution is 5.33. The topological polar surface area (TPSA) is 15.3 Å². The van der Waals surface area contributed by atoms with Crippen LogP contribution < -0.4 is 5.32 Å². The summed E-state index contributed by atoms with van der Waals surface area (Å²) in [6.07, 6.45) is 2.72. The summed E-state index contributed by atoms with van der Waals surface area (Å²) in [7, 11) is 0. The second kappa shape index (κ2) is 7.42. The lowest BCUT2D eigenvalue weighted by Crippen LogP contribution is -2.45. The molecule has 1 heterocycles. The third kappa shape index (κ3) is 4.31. The maximum absolute atomic E-state index is 3.70. The lowest BCUT2D eigenvalue weighted by atomic mass is 9.93. The predicted molar refractivity (Wildman–Crippen MR) is 91.8 cm³/mol. The molecule has 2 rings (SSSR count). The van der Waals surface area contributed by atoms with E-state index < -0.39 is 0 Å². The number of nitrogens with one attached hydrogen (secondary N) is 1. The van der Waals surface area contributed by atoms with Gasteiger partial charge in [-0.1, -0.05) is 37.6 Å². The van der Waals surface area contributed by atoms with Gasteiger partial charge in [-0.15, -0.1) is 0 Å². The second-order valence-corrected chi connectivity index (χ2v) is 6.96. The SMILES string of the molecule is CCNC(CN1CC(C)CCC1C)c1ccc(C)cc1C. The number of benzene rings is 1. The van der Waals surface area contributed by atoms with Crippen LogP contribution in [0.4, 0.5) is 0 Å². The Bertz CT molecular complexity index is 455. The van der Waals surface area contributed by atoms with E-state index in [1.807, 2.05) is 0 Å². The summed E-state index contributed by atoms with van der Waals surface area (Å²) in [6.45, 7) is 14.8. The summed E-state index contributed by atoms with van der Waals surface area (Å²) in [5.74, 6) is 0.836. The molecule has 1 fully saturated rings. The van der Waals surface area contributed by atoms with Gasteiger partial charge < -0.3 is 5.32 Å². The maximum Gasteiger partial charge on any atom is 0.0451 e. The van der Waals surface area contributed by atoms with Gasteiger partial charge in [-0.25, -0.2) is 0 Å². The molecule has 1 aromatic carbocycles. The fourth-order valence-electron chi connectivity index (χ4n) is 3.60. The molecule has 0 spiro atoms. The van der Waals surface area contributed by atoms with Crippen molar-refractivity contribution in [2.24, 2.45) is 5.92 Å². The van der Waals surface area contributed by atoms with Crippen molar-refractivity contribution < 1.29 is 0 Å². The molecule has 21 heavy (non-hydrogen) atoms. The molecule has 0 aromatic heterocycles. The number of aryl methyl sites for hydroxylation is 2. The van der Waals surface area contributed by atoms with Crippen molar-refractivity contribution in [2.75, 3.05) is 19.6 Å². The maximum atomic E-state index is 3.70. The second-order valence-electron chi connectivity index (χ2n) is 6.96. The first-order valence-electron chi connectivity index (χ1n) is 8.55. The van der Waals surface area contributed by atoms with Crippen LogP contribution in [0.1, 0.15) is 56.3 Å². The third-order valence-corrected chi connectivity index (χ3v) is 4.92. The molecule has 1 saturated heterocycles. The number of piperidine rings is 1. The molecule has 0 bridgehead atoms. The zero-order valence-corrected chi connectivity index (χ0v) is 14.4. The first-order chi connectivity index (χ1) is 10.0. The van der Waals surface area contributed by atoms with E-state index in [1.165, 1.54) is 36.1 Å². The predicted octanol–water partition coefficient (Wildman–Crippen LogP) is 4.07. The van der Waals surface area contributed by atoms with Crippen molar-refractivity contribution in [3.8, 4) is 0 Å². The molecule has 118 valence electrons. The Kier molecular flexibility index (Phi) is 5.83. The molecule has 3 atom stereocenters. The Morgan fingerprint density at radius 3 is 2.67 bits per heavy atom. The Labute approximate surface area is 130 Å².